The number of ether oxygens (including phenoxy) is 5. The van der Waals surface area contributed by atoms with Gasteiger partial charge in [0.2, 0.25) is 11.5 Å². The van der Waals surface area contributed by atoms with Crippen molar-refractivity contribution in [2.24, 2.45) is 5.92 Å². The van der Waals surface area contributed by atoms with Crippen molar-refractivity contribution in [2.75, 3.05) is 35.0 Å². The molecule has 0 bridgehead atoms. The second kappa shape index (κ2) is 10.3. The van der Waals surface area contributed by atoms with Crippen molar-refractivity contribution in [3.05, 3.63) is 41.0 Å². The molecule has 1 aliphatic rings. The van der Waals surface area contributed by atoms with Gasteiger partial charge in [0.25, 0.3) is 0 Å². The molecule has 0 fully saturated rings. The van der Waals surface area contributed by atoms with E-state index in [0.29, 0.717) is 53.8 Å². The first-order valence-electron chi connectivity index (χ1n) is 10.4. The lowest BCUT2D eigenvalue weighted by Gasteiger charge is -2.19. The predicted octanol–water partition coefficient (Wildman–Crippen LogP) is 4.02. The highest BCUT2D eigenvalue weighted by molar-refractivity contribution is 6.07. The molecule has 0 aliphatic heterocycles. The summed E-state index contributed by atoms with van der Waals surface area (Å²) in [4.78, 5) is 24.1. The second-order valence-electron chi connectivity index (χ2n) is 7.43. The van der Waals surface area contributed by atoms with Crippen LogP contribution in [-0.4, -0.2) is 51.9 Å². The van der Waals surface area contributed by atoms with Gasteiger partial charge in [0, 0.05) is 11.5 Å². The normalized spacial score (nSPS) is 14.6. The highest BCUT2D eigenvalue weighted by Crippen LogP contribution is 2.53. The van der Waals surface area contributed by atoms with Gasteiger partial charge in [-0.25, -0.2) is 4.79 Å². The first-order chi connectivity index (χ1) is 15.5. The number of carbonyl (C=O) groups is 2. The van der Waals surface area contributed by atoms with Crippen LogP contribution in [0.25, 0.3) is 0 Å². The lowest BCUT2D eigenvalue weighted by atomic mass is 9.98. The first kappa shape index (κ1) is 23.2. The minimum absolute atomic E-state index is 0.0151. The maximum atomic E-state index is 13.2. The molecule has 2 aromatic carbocycles. The van der Waals surface area contributed by atoms with Crippen LogP contribution in [0.2, 0.25) is 0 Å². The first-order valence-corrected chi connectivity index (χ1v) is 10.4. The van der Waals surface area contributed by atoms with Crippen LogP contribution in [0.5, 0.6) is 28.7 Å². The van der Waals surface area contributed by atoms with E-state index in [2.05, 4.69) is 0 Å². The number of unbranched alkanes of at least 4 members (excludes halogenated alkanes) is 1. The van der Waals surface area contributed by atoms with Gasteiger partial charge in [-0.3, -0.25) is 4.79 Å². The molecule has 0 heterocycles. The number of carboxylic acids is 1. The summed E-state index contributed by atoms with van der Waals surface area (Å²) in [5.41, 5.74) is 1.50. The summed E-state index contributed by atoms with van der Waals surface area (Å²) >= 11 is 0. The van der Waals surface area contributed by atoms with Crippen LogP contribution in [0.1, 0.15) is 45.5 Å². The number of aromatic carboxylic acids is 1. The lowest BCUT2D eigenvalue weighted by molar-refractivity contribution is 0.0696. The van der Waals surface area contributed by atoms with Gasteiger partial charge >= 0.3 is 5.97 Å². The smallest absolute Gasteiger partial charge is 0.335 e. The molecule has 0 radical (unpaired) electrons. The maximum Gasteiger partial charge on any atom is 0.335 e. The molecule has 32 heavy (non-hydrogen) atoms. The van der Waals surface area contributed by atoms with Gasteiger partial charge < -0.3 is 28.8 Å². The molecule has 1 atom stereocenters. The van der Waals surface area contributed by atoms with Crippen molar-refractivity contribution < 1.29 is 38.4 Å². The molecule has 2 aromatic rings. The van der Waals surface area contributed by atoms with Crippen molar-refractivity contribution in [1.82, 2.24) is 0 Å². The molecule has 0 saturated carbocycles. The average Bonchev–Trinajstić information content (AvgIpc) is 3.13. The van der Waals surface area contributed by atoms with E-state index in [4.69, 9.17) is 28.8 Å². The maximum absolute atomic E-state index is 13.2. The van der Waals surface area contributed by atoms with Gasteiger partial charge in [-0.2, -0.15) is 0 Å². The minimum atomic E-state index is -0.970. The van der Waals surface area contributed by atoms with Crippen molar-refractivity contribution in [3.8, 4) is 28.7 Å². The Morgan fingerprint density at radius 1 is 0.906 bits per heavy atom. The number of benzene rings is 2. The van der Waals surface area contributed by atoms with Gasteiger partial charge in [0.05, 0.1) is 46.2 Å². The Hall–Kier alpha value is -3.42. The zero-order valence-electron chi connectivity index (χ0n) is 18.7. The predicted molar refractivity (Wildman–Crippen MR) is 117 cm³/mol. The van der Waals surface area contributed by atoms with E-state index in [9.17, 15) is 9.59 Å². The summed E-state index contributed by atoms with van der Waals surface area (Å²) in [6.45, 7) is 0.481. The summed E-state index contributed by atoms with van der Waals surface area (Å²) in [5.74, 6) is 1.13. The Labute approximate surface area is 187 Å². The van der Waals surface area contributed by atoms with Gasteiger partial charge in [-0.15, -0.1) is 0 Å². The summed E-state index contributed by atoms with van der Waals surface area (Å²) in [6.07, 6.45) is 2.82. The number of hydrogen-bond donors (Lipinski definition) is 1. The molecular weight excluding hydrogens is 416 g/mol. The molecule has 0 amide bonds. The number of carbonyl (C=O) groups excluding carboxylic acids is 1. The zero-order chi connectivity index (χ0) is 23.3. The summed E-state index contributed by atoms with van der Waals surface area (Å²) in [7, 11) is 6.07. The number of hydrogen-bond acceptors (Lipinski definition) is 7. The number of fused-ring (bicyclic) bond motifs is 1. The van der Waals surface area contributed by atoms with Crippen LogP contribution in [0.15, 0.2) is 24.3 Å². The molecule has 172 valence electrons. The van der Waals surface area contributed by atoms with Gasteiger partial charge in [-0.05, 0) is 49.9 Å². The number of Topliss-reactive ketones (excluding diaryl/α,β-unsaturated/α-hetero) is 1. The van der Waals surface area contributed by atoms with Gasteiger partial charge in [-0.1, -0.05) is 0 Å². The average molecular weight is 444 g/mol. The van der Waals surface area contributed by atoms with Crippen molar-refractivity contribution >= 4 is 11.8 Å². The molecule has 8 nitrogen and oxygen atoms in total. The SMILES string of the molecule is COc1c2c(c(OC)c(OC)c1OC)C(=O)C(CCCCOc1ccc(C(=O)O)cc1)C2. The molecule has 1 N–H and O–H groups in total. The van der Waals surface area contributed by atoms with Crippen LogP contribution in [0, 0.1) is 5.92 Å². The number of rotatable bonds is 11. The fraction of sp³-hybridized carbons (Fsp3) is 0.417. The van der Waals surface area contributed by atoms with E-state index in [1.165, 1.54) is 33.5 Å². The molecule has 3 rings (SSSR count). The van der Waals surface area contributed by atoms with Crippen LogP contribution in [-0.2, 0) is 6.42 Å². The standard InChI is InChI=1S/C24H28O8/c1-28-20-17-13-15(19(25)18(17)21(29-2)23(31-4)22(20)30-3)7-5-6-12-32-16-10-8-14(9-11-16)24(26)27/h8-11,15H,5-7,12-13H2,1-4H3,(H,26,27). The van der Waals surface area contributed by atoms with Crippen LogP contribution >= 0.6 is 0 Å². The number of carboxylic acid groups (broad SMARTS) is 1. The van der Waals surface area contributed by atoms with Crippen molar-refractivity contribution in [2.45, 2.75) is 25.7 Å². The summed E-state index contributed by atoms with van der Waals surface area (Å²) < 4.78 is 27.7. The third-order valence-corrected chi connectivity index (χ3v) is 5.62. The Balaban J connectivity index is 1.62. The topological polar surface area (TPSA) is 101 Å². The molecule has 0 spiro atoms. The summed E-state index contributed by atoms with van der Waals surface area (Å²) in [5, 5.41) is 8.94. The van der Waals surface area contributed by atoms with Crippen LogP contribution in [0.4, 0.5) is 0 Å². The van der Waals surface area contributed by atoms with E-state index in [1.54, 1.807) is 19.2 Å². The fourth-order valence-electron chi connectivity index (χ4n) is 4.10. The zero-order valence-corrected chi connectivity index (χ0v) is 18.7. The van der Waals surface area contributed by atoms with E-state index in [1.807, 2.05) is 0 Å². The van der Waals surface area contributed by atoms with Crippen LogP contribution in [0.3, 0.4) is 0 Å². The van der Waals surface area contributed by atoms with E-state index in [0.717, 1.165) is 18.4 Å². The third kappa shape index (κ3) is 4.44. The highest BCUT2D eigenvalue weighted by atomic mass is 16.5. The van der Waals surface area contributed by atoms with E-state index >= 15 is 0 Å². The Morgan fingerprint density at radius 3 is 2.06 bits per heavy atom. The summed E-state index contributed by atoms with van der Waals surface area (Å²) in [6, 6.07) is 6.30. The molecule has 1 unspecified atom stereocenters. The Morgan fingerprint density at radius 2 is 1.50 bits per heavy atom. The molecule has 0 aromatic heterocycles. The van der Waals surface area contributed by atoms with Crippen molar-refractivity contribution in [3.63, 3.8) is 0 Å². The fourth-order valence-corrected chi connectivity index (χ4v) is 4.10. The molecule has 1 aliphatic carbocycles. The Kier molecular flexibility index (Phi) is 7.45. The van der Waals surface area contributed by atoms with E-state index < -0.39 is 5.97 Å². The minimum Gasteiger partial charge on any atom is -0.494 e. The van der Waals surface area contributed by atoms with Crippen LogP contribution < -0.4 is 23.7 Å². The monoisotopic (exact) mass is 444 g/mol. The molecular formula is C24H28O8. The third-order valence-electron chi connectivity index (χ3n) is 5.62. The van der Waals surface area contributed by atoms with Gasteiger partial charge in [0.1, 0.15) is 5.75 Å². The highest BCUT2D eigenvalue weighted by Gasteiger charge is 2.39. The molecule has 0 saturated heterocycles. The quantitative estimate of drug-likeness (QED) is 0.519. The van der Waals surface area contributed by atoms with E-state index in [-0.39, 0.29) is 17.3 Å². The Bertz CT molecular complexity index is 981. The number of methoxy groups -OCH3 is 4. The second-order valence-corrected chi connectivity index (χ2v) is 7.43. The van der Waals surface area contributed by atoms with Gasteiger partial charge in [0.15, 0.2) is 17.3 Å². The van der Waals surface area contributed by atoms with Crippen molar-refractivity contribution in [1.29, 1.82) is 0 Å². The molecule has 8 heteroatoms. The lowest BCUT2D eigenvalue weighted by Crippen LogP contribution is -2.10. The number of ketones is 1. The largest absolute Gasteiger partial charge is 0.494 e.